The number of hydrogen-bond donors (Lipinski definition) is 2. The molecule has 0 radical (unpaired) electrons. The van der Waals surface area contributed by atoms with Gasteiger partial charge in [-0.05, 0) is 19.2 Å². The first kappa shape index (κ1) is 24.6. The summed E-state index contributed by atoms with van der Waals surface area (Å²) in [7, 11) is 5.35. The Morgan fingerprint density at radius 1 is 0.973 bits per heavy atom. The maximum Gasteiger partial charge on any atom is 0.229 e. The van der Waals surface area contributed by atoms with Crippen LogP contribution in [0.25, 0.3) is 16.9 Å². The maximum absolute atomic E-state index is 6.20. The highest BCUT2D eigenvalue weighted by Crippen LogP contribution is 2.40. The SMILES string of the molecule is COc1cc(Nc2nccc(-n3c(N)nc4ccccc43)n2)cc(OCCN2CCN(C)CC2)c1OC. The molecule has 1 saturated heterocycles. The van der Waals surface area contributed by atoms with Gasteiger partial charge in [0, 0.05) is 62.8 Å². The number of anilines is 3. The van der Waals surface area contributed by atoms with E-state index < -0.39 is 0 Å². The number of piperazine rings is 1. The molecule has 2 aromatic carbocycles. The Kier molecular flexibility index (Phi) is 7.24. The Morgan fingerprint density at radius 3 is 2.54 bits per heavy atom. The molecule has 5 rings (SSSR count). The van der Waals surface area contributed by atoms with Crippen molar-refractivity contribution in [3.05, 3.63) is 48.7 Å². The van der Waals surface area contributed by atoms with Gasteiger partial charge >= 0.3 is 0 Å². The van der Waals surface area contributed by atoms with Gasteiger partial charge in [-0.2, -0.15) is 4.98 Å². The minimum atomic E-state index is 0.355. The second kappa shape index (κ2) is 10.9. The number of nitrogens with one attached hydrogen (secondary N) is 1. The number of aromatic nitrogens is 4. The summed E-state index contributed by atoms with van der Waals surface area (Å²) >= 11 is 0. The van der Waals surface area contributed by atoms with Crippen molar-refractivity contribution in [3.63, 3.8) is 0 Å². The number of benzene rings is 2. The largest absolute Gasteiger partial charge is 0.493 e. The number of methoxy groups -OCH3 is 2. The summed E-state index contributed by atoms with van der Waals surface area (Å²) in [5.41, 5.74) is 8.57. The molecule has 37 heavy (non-hydrogen) atoms. The number of ether oxygens (including phenoxy) is 3. The number of likely N-dealkylation sites (N-methyl/N-ethyl adjacent to an activating group) is 1. The van der Waals surface area contributed by atoms with E-state index in [0.29, 0.717) is 47.3 Å². The van der Waals surface area contributed by atoms with Crippen LogP contribution in [0.1, 0.15) is 0 Å². The third-order valence-electron chi connectivity index (χ3n) is 6.42. The fourth-order valence-corrected chi connectivity index (χ4v) is 4.41. The van der Waals surface area contributed by atoms with Crippen LogP contribution in [0.3, 0.4) is 0 Å². The predicted octanol–water partition coefficient (Wildman–Crippen LogP) is 2.78. The first-order chi connectivity index (χ1) is 18.1. The van der Waals surface area contributed by atoms with E-state index in [-0.39, 0.29) is 0 Å². The first-order valence-corrected chi connectivity index (χ1v) is 12.2. The molecule has 0 atom stereocenters. The molecule has 0 amide bonds. The monoisotopic (exact) mass is 504 g/mol. The quantitative estimate of drug-likeness (QED) is 0.352. The first-order valence-electron chi connectivity index (χ1n) is 12.2. The Labute approximate surface area is 215 Å². The molecule has 0 spiro atoms. The highest BCUT2D eigenvalue weighted by Gasteiger charge is 2.18. The fraction of sp³-hybridized carbons (Fsp3) is 0.346. The number of fused-ring (bicyclic) bond motifs is 1. The lowest BCUT2D eigenvalue weighted by Gasteiger charge is -2.32. The molecule has 194 valence electrons. The number of nitrogens with zero attached hydrogens (tertiary/aromatic N) is 6. The topological polar surface area (TPSA) is 116 Å². The Bertz CT molecular complexity index is 1370. The van der Waals surface area contributed by atoms with Crippen LogP contribution in [0.2, 0.25) is 0 Å². The molecule has 1 aliphatic heterocycles. The van der Waals surface area contributed by atoms with E-state index in [1.807, 2.05) is 36.4 Å². The zero-order valence-corrected chi connectivity index (χ0v) is 21.3. The third-order valence-corrected chi connectivity index (χ3v) is 6.42. The lowest BCUT2D eigenvalue weighted by molar-refractivity contribution is 0.132. The molecule has 3 N–H and O–H groups in total. The number of para-hydroxylation sites is 2. The van der Waals surface area contributed by atoms with Crippen molar-refractivity contribution < 1.29 is 14.2 Å². The summed E-state index contributed by atoms with van der Waals surface area (Å²) in [6.07, 6.45) is 1.67. The van der Waals surface area contributed by atoms with E-state index in [9.17, 15) is 0 Å². The van der Waals surface area contributed by atoms with Crippen molar-refractivity contribution in [2.45, 2.75) is 0 Å². The zero-order valence-electron chi connectivity index (χ0n) is 21.3. The summed E-state index contributed by atoms with van der Waals surface area (Å²) in [6, 6.07) is 13.2. The zero-order chi connectivity index (χ0) is 25.8. The summed E-state index contributed by atoms with van der Waals surface area (Å²) in [5, 5.41) is 3.26. The van der Waals surface area contributed by atoms with Crippen LogP contribution in [-0.4, -0.2) is 89.9 Å². The highest BCUT2D eigenvalue weighted by molar-refractivity contribution is 5.80. The van der Waals surface area contributed by atoms with E-state index in [2.05, 4.69) is 37.1 Å². The fourth-order valence-electron chi connectivity index (χ4n) is 4.41. The van der Waals surface area contributed by atoms with Crippen LogP contribution in [0, 0.1) is 0 Å². The van der Waals surface area contributed by atoms with Gasteiger partial charge in [0.1, 0.15) is 12.4 Å². The normalized spacial score (nSPS) is 14.6. The van der Waals surface area contributed by atoms with Gasteiger partial charge in [-0.3, -0.25) is 9.47 Å². The minimum absolute atomic E-state index is 0.355. The number of hydrogen-bond acceptors (Lipinski definition) is 10. The van der Waals surface area contributed by atoms with Crippen LogP contribution in [-0.2, 0) is 0 Å². The molecule has 0 aliphatic carbocycles. The van der Waals surface area contributed by atoms with Crippen molar-refractivity contribution in [3.8, 4) is 23.1 Å². The van der Waals surface area contributed by atoms with Gasteiger partial charge in [0.15, 0.2) is 11.5 Å². The Hall–Kier alpha value is -4.09. The average molecular weight is 505 g/mol. The lowest BCUT2D eigenvalue weighted by Crippen LogP contribution is -2.45. The van der Waals surface area contributed by atoms with E-state index in [4.69, 9.17) is 19.9 Å². The Balaban J connectivity index is 1.36. The van der Waals surface area contributed by atoms with Crippen LogP contribution < -0.4 is 25.3 Å². The number of nitrogens with two attached hydrogens (primary N) is 1. The van der Waals surface area contributed by atoms with Gasteiger partial charge in [-0.15, -0.1) is 0 Å². The van der Waals surface area contributed by atoms with Crippen molar-refractivity contribution >= 4 is 28.6 Å². The summed E-state index contributed by atoms with van der Waals surface area (Å²) < 4.78 is 19.1. The maximum atomic E-state index is 6.20. The van der Waals surface area contributed by atoms with Crippen LogP contribution >= 0.6 is 0 Å². The number of rotatable bonds is 9. The van der Waals surface area contributed by atoms with Crippen molar-refractivity contribution in [1.29, 1.82) is 0 Å². The van der Waals surface area contributed by atoms with Crippen molar-refractivity contribution in [2.24, 2.45) is 0 Å². The minimum Gasteiger partial charge on any atom is -0.493 e. The highest BCUT2D eigenvalue weighted by atomic mass is 16.5. The second-order valence-corrected chi connectivity index (χ2v) is 8.86. The standard InChI is InChI=1S/C26H32N8O3/c1-32-10-12-33(13-11-32)14-15-37-22-17-18(16-21(35-2)24(22)36-3)29-26-28-9-8-23(31-26)34-20-7-5-4-6-19(20)30-25(34)27/h4-9,16-17H,10-15H2,1-3H3,(H2,27,30)(H,28,29,31). The summed E-state index contributed by atoms with van der Waals surface area (Å²) in [4.78, 5) is 18.2. The van der Waals surface area contributed by atoms with Gasteiger partial charge in [-0.25, -0.2) is 9.97 Å². The van der Waals surface area contributed by atoms with Gasteiger partial charge < -0.3 is 30.2 Å². The van der Waals surface area contributed by atoms with Gasteiger partial charge in [0.25, 0.3) is 0 Å². The molecule has 1 aliphatic rings. The Morgan fingerprint density at radius 2 is 1.76 bits per heavy atom. The second-order valence-electron chi connectivity index (χ2n) is 8.86. The predicted molar refractivity (Wildman–Crippen MR) is 143 cm³/mol. The van der Waals surface area contributed by atoms with Crippen LogP contribution in [0.15, 0.2) is 48.7 Å². The average Bonchev–Trinajstić information content (AvgIpc) is 3.25. The molecule has 0 saturated carbocycles. The van der Waals surface area contributed by atoms with Crippen LogP contribution in [0.4, 0.5) is 17.6 Å². The van der Waals surface area contributed by atoms with Gasteiger partial charge in [0.2, 0.25) is 17.6 Å². The van der Waals surface area contributed by atoms with Gasteiger partial charge in [0.05, 0.1) is 25.3 Å². The lowest BCUT2D eigenvalue weighted by atomic mass is 10.2. The molecule has 0 unspecified atom stereocenters. The number of imidazole rings is 1. The van der Waals surface area contributed by atoms with Crippen molar-refractivity contribution in [1.82, 2.24) is 29.3 Å². The molecular formula is C26H32N8O3. The number of nitrogen functional groups attached to an aromatic ring is 1. The molecular weight excluding hydrogens is 472 g/mol. The smallest absolute Gasteiger partial charge is 0.229 e. The van der Waals surface area contributed by atoms with E-state index in [1.165, 1.54) is 0 Å². The molecule has 11 heteroatoms. The molecule has 2 aromatic heterocycles. The van der Waals surface area contributed by atoms with E-state index in [1.54, 1.807) is 31.0 Å². The van der Waals surface area contributed by atoms with E-state index in [0.717, 1.165) is 43.8 Å². The van der Waals surface area contributed by atoms with Crippen LogP contribution in [0.5, 0.6) is 17.2 Å². The summed E-state index contributed by atoms with van der Waals surface area (Å²) in [6.45, 7) is 5.57. The molecule has 1 fully saturated rings. The summed E-state index contributed by atoms with van der Waals surface area (Å²) in [5.74, 6) is 3.02. The molecule has 4 aromatic rings. The molecule has 11 nitrogen and oxygen atoms in total. The molecule has 0 bridgehead atoms. The van der Waals surface area contributed by atoms with E-state index >= 15 is 0 Å². The van der Waals surface area contributed by atoms with Gasteiger partial charge in [-0.1, -0.05) is 12.1 Å². The third kappa shape index (κ3) is 5.37. The van der Waals surface area contributed by atoms with Crippen molar-refractivity contribution in [2.75, 3.05) is 71.6 Å². The molecule has 3 heterocycles.